The fourth-order valence-corrected chi connectivity index (χ4v) is 4.31. The Morgan fingerprint density at radius 3 is 2.45 bits per heavy atom. The van der Waals surface area contributed by atoms with E-state index in [4.69, 9.17) is 11.6 Å². The van der Waals surface area contributed by atoms with Gasteiger partial charge in [-0.1, -0.05) is 48.0 Å². The van der Waals surface area contributed by atoms with Crippen LogP contribution in [-0.4, -0.2) is 27.3 Å². The Labute approximate surface area is 189 Å². The summed E-state index contributed by atoms with van der Waals surface area (Å²) < 4.78 is 41.6. The number of nitrogens with one attached hydrogen (secondary N) is 1. The summed E-state index contributed by atoms with van der Waals surface area (Å²) in [5, 5.41) is 7.68. The Bertz CT molecular complexity index is 1470. The van der Waals surface area contributed by atoms with Gasteiger partial charge < -0.3 is 0 Å². The van der Waals surface area contributed by atoms with Crippen molar-refractivity contribution in [3.05, 3.63) is 94.2 Å². The second-order valence-corrected chi connectivity index (χ2v) is 8.15. The van der Waals surface area contributed by atoms with Crippen molar-refractivity contribution in [2.75, 3.05) is 4.90 Å². The Morgan fingerprint density at radius 2 is 1.70 bits per heavy atom. The summed E-state index contributed by atoms with van der Waals surface area (Å²) in [6.07, 6.45) is -1.95. The molecule has 3 heterocycles. The molecule has 0 aliphatic carbocycles. The van der Waals surface area contributed by atoms with Gasteiger partial charge in [-0.25, -0.2) is 5.10 Å². The number of H-pyrrole nitrogens is 1. The summed E-state index contributed by atoms with van der Waals surface area (Å²) in [7, 11) is 0. The predicted molar refractivity (Wildman–Crippen MR) is 117 cm³/mol. The maximum atomic E-state index is 13.9. The highest BCUT2D eigenvalue weighted by Gasteiger charge is 2.66. The summed E-state index contributed by atoms with van der Waals surface area (Å²) in [5.41, 5.74) is 0.668. The van der Waals surface area contributed by atoms with E-state index >= 15 is 0 Å². The Kier molecular flexibility index (Phi) is 4.75. The molecule has 0 saturated carbocycles. The monoisotopic (exact) mass is 470 g/mol. The van der Waals surface area contributed by atoms with Gasteiger partial charge in [-0.3, -0.25) is 19.5 Å². The van der Waals surface area contributed by atoms with Crippen LogP contribution in [0.15, 0.2) is 71.8 Å². The van der Waals surface area contributed by atoms with E-state index in [-0.39, 0.29) is 28.9 Å². The molecule has 0 fully saturated rings. The molecule has 33 heavy (non-hydrogen) atoms. The average molecular weight is 471 g/mol. The molecule has 1 aliphatic heterocycles. The molecule has 2 aromatic heterocycles. The largest absolute Gasteiger partial charge is 0.420 e. The number of carbonyl (C=O) groups is 1. The summed E-state index contributed by atoms with van der Waals surface area (Å²) in [6, 6.07) is 14.0. The maximum Gasteiger partial charge on any atom is 0.420 e. The second-order valence-electron chi connectivity index (χ2n) is 7.59. The number of carbonyl (C=O) groups excluding carboxylic acids is 1. The lowest BCUT2D eigenvalue weighted by molar-refractivity contribution is -0.171. The molecular formula is C23H14ClF3N4O2. The smallest absolute Gasteiger partial charge is 0.277 e. The first kappa shape index (κ1) is 21.1. The van der Waals surface area contributed by atoms with E-state index in [0.717, 1.165) is 4.90 Å². The molecule has 2 aromatic carbocycles. The van der Waals surface area contributed by atoms with Gasteiger partial charge >= 0.3 is 6.18 Å². The number of amides is 1. The Morgan fingerprint density at radius 1 is 1.00 bits per heavy atom. The predicted octanol–water partition coefficient (Wildman–Crippen LogP) is 4.58. The maximum absolute atomic E-state index is 13.9. The van der Waals surface area contributed by atoms with E-state index < -0.39 is 17.0 Å². The minimum Gasteiger partial charge on any atom is -0.277 e. The van der Waals surface area contributed by atoms with Crippen molar-refractivity contribution in [2.24, 2.45) is 0 Å². The third kappa shape index (κ3) is 3.19. The van der Waals surface area contributed by atoms with Crippen molar-refractivity contribution in [1.82, 2.24) is 15.2 Å². The molecule has 1 aliphatic rings. The Balaban J connectivity index is 1.58. The van der Waals surface area contributed by atoms with Gasteiger partial charge in [0.1, 0.15) is 0 Å². The zero-order valence-electron chi connectivity index (χ0n) is 16.7. The molecule has 0 bridgehead atoms. The van der Waals surface area contributed by atoms with Crippen LogP contribution in [0.5, 0.6) is 0 Å². The summed E-state index contributed by atoms with van der Waals surface area (Å²) >= 11 is 5.94. The van der Waals surface area contributed by atoms with Crippen molar-refractivity contribution in [2.45, 2.75) is 17.5 Å². The molecule has 6 nitrogen and oxygen atoms in total. The number of nitrogens with zero attached hydrogens (tertiary/aromatic N) is 3. The number of hydrogen-bond donors (Lipinski definition) is 1. The van der Waals surface area contributed by atoms with Crippen LogP contribution in [0.4, 0.5) is 24.5 Å². The van der Waals surface area contributed by atoms with Gasteiger partial charge in [0.25, 0.3) is 11.5 Å². The van der Waals surface area contributed by atoms with Gasteiger partial charge in [0.05, 0.1) is 28.7 Å². The van der Waals surface area contributed by atoms with Gasteiger partial charge in [0.15, 0.2) is 0 Å². The van der Waals surface area contributed by atoms with E-state index in [1.165, 1.54) is 36.7 Å². The van der Waals surface area contributed by atoms with Gasteiger partial charge in [0.2, 0.25) is 4.87 Å². The molecule has 0 spiro atoms. The zero-order valence-corrected chi connectivity index (χ0v) is 17.5. The highest BCUT2D eigenvalue weighted by atomic mass is 35.5. The number of aromatic amines is 1. The average Bonchev–Trinajstić information content (AvgIpc) is 3.04. The topological polar surface area (TPSA) is 79.0 Å². The van der Waals surface area contributed by atoms with Crippen molar-refractivity contribution in [3.63, 3.8) is 0 Å². The number of anilines is 2. The van der Waals surface area contributed by atoms with E-state index in [2.05, 4.69) is 15.2 Å². The van der Waals surface area contributed by atoms with Crippen molar-refractivity contribution in [1.29, 1.82) is 0 Å². The molecule has 1 atom stereocenters. The van der Waals surface area contributed by atoms with Crippen LogP contribution in [0, 0.1) is 0 Å². The quantitative estimate of drug-likeness (QED) is 0.444. The van der Waals surface area contributed by atoms with Crippen LogP contribution in [0.1, 0.15) is 16.8 Å². The number of fused-ring (bicyclic) bond motifs is 2. The van der Waals surface area contributed by atoms with E-state index in [9.17, 15) is 22.8 Å². The molecule has 1 unspecified atom stereocenters. The molecule has 10 heteroatoms. The van der Waals surface area contributed by atoms with Crippen molar-refractivity contribution >= 4 is 39.7 Å². The lowest BCUT2D eigenvalue weighted by Gasteiger charge is -2.24. The van der Waals surface area contributed by atoms with Crippen molar-refractivity contribution in [3.8, 4) is 0 Å². The van der Waals surface area contributed by atoms with Crippen LogP contribution in [0.25, 0.3) is 10.8 Å². The van der Waals surface area contributed by atoms with Gasteiger partial charge in [-0.05, 0) is 23.8 Å². The SMILES string of the molecule is O=C1N(c2cncc(Cc3n[nH]c(=O)c4ccccc34)c2)c2ccccc2C1(Cl)C(F)(F)F. The first-order valence-electron chi connectivity index (χ1n) is 9.82. The van der Waals surface area contributed by atoms with Crippen LogP contribution in [0.3, 0.4) is 0 Å². The number of pyridine rings is 1. The minimum atomic E-state index is -5.00. The highest BCUT2D eigenvalue weighted by Crippen LogP contribution is 2.55. The van der Waals surface area contributed by atoms with Gasteiger partial charge in [-0.15, -0.1) is 0 Å². The van der Waals surface area contributed by atoms with Gasteiger partial charge in [0, 0.05) is 23.6 Å². The fraction of sp³-hybridized carbons (Fsp3) is 0.130. The van der Waals surface area contributed by atoms with Crippen LogP contribution >= 0.6 is 11.6 Å². The van der Waals surface area contributed by atoms with E-state index in [1.807, 2.05) is 0 Å². The standard InChI is InChI=1S/C23H14ClF3N4O2/c24-22(23(25,26)27)17-7-3-4-8-19(17)31(21(22)33)14-9-13(11-28-12-14)10-18-15-5-1-2-6-16(15)20(32)30-29-18/h1-9,11-12H,10H2,(H,30,32). The zero-order chi connectivity index (χ0) is 23.4. The molecule has 5 rings (SSSR count). The van der Waals surface area contributed by atoms with Crippen LogP contribution in [0.2, 0.25) is 0 Å². The lowest BCUT2D eigenvalue weighted by atomic mass is 9.99. The summed E-state index contributed by atoms with van der Waals surface area (Å²) in [6.45, 7) is 0. The Hall–Kier alpha value is -3.72. The first-order valence-corrected chi connectivity index (χ1v) is 10.2. The fourth-order valence-electron chi connectivity index (χ4n) is 4.06. The first-order chi connectivity index (χ1) is 15.7. The number of aromatic nitrogens is 3. The second kappa shape index (κ2) is 7.41. The minimum absolute atomic E-state index is 0.0430. The summed E-state index contributed by atoms with van der Waals surface area (Å²) in [5.74, 6) is -1.32. The molecule has 1 N–H and O–H groups in total. The number of rotatable bonds is 3. The van der Waals surface area contributed by atoms with Crippen LogP contribution < -0.4 is 10.5 Å². The molecule has 0 saturated heterocycles. The third-order valence-electron chi connectivity index (χ3n) is 5.59. The molecule has 4 aromatic rings. The molecule has 166 valence electrons. The molecule has 1 amide bonds. The number of alkyl halides is 4. The van der Waals surface area contributed by atoms with Gasteiger partial charge in [-0.2, -0.15) is 18.3 Å². The third-order valence-corrected chi connectivity index (χ3v) is 6.17. The van der Waals surface area contributed by atoms with E-state index in [0.29, 0.717) is 22.0 Å². The molecular weight excluding hydrogens is 457 g/mol. The number of hydrogen-bond acceptors (Lipinski definition) is 4. The van der Waals surface area contributed by atoms with E-state index in [1.54, 1.807) is 30.3 Å². The number of para-hydroxylation sites is 1. The number of halogens is 4. The highest BCUT2D eigenvalue weighted by molar-refractivity contribution is 6.41. The molecule has 0 radical (unpaired) electrons. The lowest BCUT2D eigenvalue weighted by Crippen LogP contribution is -2.45. The van der Waals surface area contributed by atoms with Crippen LogP contribution in [-0.2, 0) is 16.1 Å². The number of benzene rings is 2. The summed E-state index contributed by atoms with van der Waals surface area (Å²) in [4.78, 5) is 26.9. The van der Waals surface area contributed by atoms with Crippen molar-refractivity contribution < 1.29 is 18.0 Å². The normalized spacial score (nSPS) is 18.1.